The lowest BCUT2D eigenvalue weighted by atomic mass is 10.3. The molecule has 1 aliphatic rings. The highest BCUT2D eigenvalue weighted by atomic mass is 16.5. The van der Waals surface area contributed by atoms with Gasteiger partial charge in [-0.25, -0.2) is 0 Å². The largest absolute Gasteiger partial charge is 0.499 e. The first-order valence-electron chi connectivity index (χ1n) is 3.98. The molecule has 0 spiro atoms. The molecule has 0 aromatic heterocycles. The SMILES string of the molecule is C/C=C\OCC1CNCCO1. The van der Waals surface area contributed by atoms with Crippen molar-refractivity contribution < 1.29 is 9.47 Å². The van der Waals surface area contributed by atoms with Crippen LogP contribution in [0.15, 0.2) is 12.3 Å². The number of ether oxygens (including phenoxy) is 2. The molecule has 0 bridgehead atoms. The van der Waals surface area contributed by atoms with Crippen molar-refractivity contribution in [1.82, 2.24) is 5.32 Å². The van der Waals surface area contributed by atoms with Gasteiger partial charge in [0.05, 0.1) is 12.9 Å². The second kappa shape index (κ2) is 5.16. The molecule has 0 radical (unpaired) electrons. The molecule has 1 atom stereocenters. The van der Waals surface area contributed by atoms with Gasteiger partial charge in [0.25, 0.3) is 0 Å². The predicted octanol–water partition coefficient (Wildman–Crippen LogP) is 0.525. The number of nitrogens with one attached hydrogen (secondary N) is 1. The third kappa shape index (κ3) is 3.39. The van der Waals surface area contributed by atoms with Crippen LogP contribution in [0.3, 0.4) is 0 Å². The van der Waals surface area contributed by atoms with Crippen molar-refractivity contribution in [2.75, 3.05) is 26.3 Å². The van der Waals surface area contributed by atoms with Gasteiger partial charge in [-0.3, -0.25) is 0 Å². The van der Waals surface area contributed by atoms with E-state index in [-0.39, 0.29) is 6.10 Å². The first-order chi connectivity index (χ1) is 5.43. The Kier molecular flexibility index (Phi) is 4.01. The van der Waals surface area contributed by atoms with Gasteiger partial charge in [0.15, 0.2) is 0 Å². The smallest absolute Gasteiger partial charge is 0.115 e. The standard InChI is InChI=1S/C8H15NO2/c1-2-4-10-7-8-6-9-3-5-11-8/h2,4,8-9H,3,5-7H2,1H3/b4-2-. The molecule has 1 aliphatic heterocycles. The van der Waals surface area contributed by atoms with Crippen LogP contribution in [-0.4, -0.2) is 32.4 Å². The summed E-state index contributed by atoms with van der Waals surface area (Å²) in [7, 11) is 0. The van der Waals surface area contributed by atoms with Gasteiger partial charge in [-0.05, 0) is 6.92 Å². The molecule has 0 aromatic rings. The fourth-order valence-corrected chi connectivity index (χ4v) is 0.986. The number of morpholine rings is 1. The van der Waals surface area contributed by atoms with Crippen LogP contribution in [0, 0.1) is 0 Å². The molecule has 1 N–H and O–H groups in total. The van der Waals surface area contributed by atoms with Gasteiger partial charge in [0, 0.05) is 13.1 Å². The van der Waals surface area contributed by atoms with Crippen LogP contribution in [0.2, 0.25) is 0 Å². The van der Waals surface area contributed by atoms with Gasteiger partial charge in [0.2, 0.25) is 0 Å². The molecular formula is C8H15NO2. The molecule has 0 aromatic carbocycles. The minimum atomic E-state index is 0.222. The maximum absolute atomic E-state index is 5.40. The van der Waals surface area contributed by atoms with Crippen LogP contribution in [-0.2, 0) is 9.47 Å². The van der Waals surface area contributed by atoms with Crippen LogP contribution < -0.4 is 5.32 Å². The number of hydrogen-bond donors (Lipinski definition) is 1. The molecule has 3 heteroatoms. The maximum atomic E-state index is 5.40. The van der Waals surface area contributed by atoms with Gasteiger partial charge in [-0.2, -0.15) is 0 Å². The van der Waals surface area contributed by atoms with Gasteiger partial charge in [0.1, 0.15) is 12.7 Å². The number of hydrogen-bond acceptors (Lipinski definition) is 3. The second-order valence-electron chi connectivity index (χ2n) is 2.50. The van der Waals surface area contributed by atoms with E-state index in [0.717, 1.165) is 19.7 Å². The normalized spacial score (nSPS) is 25.7. The summed E-state index contributed by atoms with van der Waals surface area (Å²) in [5, 5.41) is 3.23. The predicted molar refractivity (Wildman–Crippen MR) is 43.4 cm³/mol. The highest BCUT2D eigenvalue weighted by Crippen LogP contribution is 1.96. The first-order valence-corrected chi connectivity index (χ1v) is 3.98. The molecule has 0 amide bonds. The highest BCUT2D eigenvalue weighted by Gasteiger charge is 2.12. The molecule has 3 nitrogen and oxygen atoms in total. The second-order valence-corrected chi connectivity index (χ2v) is 2.50. The first kappa shape index (κ1) is 8.56. The average Bonchev–Trinajstić information content (AvgIpc) is 2.07. The lowest BCUT2D eigenvalue weighted by Crippen LogP contribution is -2.40. The van der Waals surface area contributed by atoms with E-state index in [2.05, 4.69) is 5.32 Å². The van der Waals surface area contributed by atoms with Gasteiger partial charge >= 0.3 is 0 Å². The molecule has 0 aliphatic carbocycles. The Morgan fingerprint density at radius 1 is 1.73 bits per heavy atom. The lowest BCUT2D eigenvalue weighted by Gasteiger charge is -2.22. The highest BCUT2D eigenvalue weighted by molar-refractivity contribution is 4.70. The van der Waals surface area contributed by atoms with Crippen LogP contribution in [0.25, 0.3) is 0 Å². The zero-order valence-electron chi connectivity index (χ0n) is 6.88. The summed E-state index contributed by atoms with van der Waals surface area (Å²) >= 11 is 0. The summed E-state index contributed by atoms with van der Waals surface area (Å²) in [6.07, 6.45) is 3.79. The molecule has 64 valence electrons. The van der Waals surface area contributed by atoms with Gasteiger partial charge in [-0.1, -0.05) is 6.08 Å². The molecule has 1 rings (SSSR count). The summed E-state index contributed by atoms with van der Waals surface area (Å²) in [4.78, 5) is 0. The minimum absolute atomic E-state index is 0.222. The third-order valence-electron chi connectivity index (χ3n) is 1.52. The van der Waals surface area contributed by atoms with Gasteiger partial charge in [-0.15, -0.1) is 0 Å². The van der Waals surface area contributed by atoms with E-state index in [4.69, 9.17) is 9.47 Å². The molecule has 1 fully saturated rings. The Hall–Kier alpha value is -0.540. The van der Waals surface area contributed by atoms with Crippen molar-refractivity contribution in [3.05, 3.63) is 12.3 Å². The number of allylic oxidation sites excluding steroid dienone is 1. The van der Waals surface area contributed by atoms with Crippen molar-refractivity contribution in [3.63, 3.8) is 0 Å². The number of rotatable bonds is 3. The molecule has 1 heterocycles. The quantitative estimate of drug-likeness (QED) is 0.606. The Morgan fingerprint density at radius 2 is 2.64 bits per heavy atom. The van der Waals surface area contributed by atoms with Crippen molar-refractivity contribution in [3.8, 4) is 0 Å². The topological polar surface area (TPSA) is 30.5 Å². The maximum Gasteiger partial charge on any atom is 0.115 e. The Labute approximate surface area is 67.4 Å². The monoisotopic (exact) mass is 157 g/mol. The average molecular weight is 157 g/mol. The Morgan fingerprint density at radius 3 is 3.27 bits per heavy atom. The molecule has 1 saturated heterocycles. The fraction of sp³-hybridized carbons (Fsp3) is 0.750. The van der Waals surface area contributed by atoms with Crippen LogP contribution >= 0.6 is 0 Å². The fourth-order valence-electron chi connectivity index (χ4n) is 0.986. The van der Waals surface area contributed by atoms with Crippen LogP contribution in [0.5, 0.6) is 0 Å². The molecule has 1 unspecified atom stereocenters. The van der Waals surface area contributed by atoms with E-state index in [9.17, 15) is 0 Å². The van der Waals surface area contributed by atoms with E-state index in [1.165, 1.54) is 0 Å². The third-order valence-corrected chi connectivity index (χ3v) is 1.52. The Balaban J connectivity index is 2.04. The molecular weight excluding hydrogens is 142 g/mol. The lowest BCUT2D eigenvalue weighted by molar-refractivity contribution is -0.0102. The van der Waals surface area contributed by atoms with Crippen molar-refractivity contribution in [1.29, 1.82) is 0 Å². The summed E-state index contributed by atoms with van der Waals surface area (Å²) in [6, 6.07) is 0. The van der Waals surface area contributed by atoms with Crippen molar-refractivity contribution >= 4 is 0 Å². The van der Waals surface area contributed by atoms with E-state index >= 15 is 0 Å². The van der Waals surface area contributed by atoms with E-state index in [1.807, 2.05) is 13.0 Å². The van der Waals surface area contributed by atoms with Crippen molar-refractivity contribution in [2.24, 2.45) is 0 Å². The zero-order chi connectivity index (χ0) is 7.94. The summed E-state index contributed by atoms with van der Waals surface area (Å²) < 4.78 is 10.6. The van der Waals surface area contributed by atoms with E-state index in [1.54, 1.807) is 6.26 Å². The minimum Gasteiger partial charge on any atom is -0.499 e. The Bertz CT molecular complexity index is 119. The van der Waals surface area contributed by atoms with Crippen molar-refractivity contribution in [2.45, 2.75) is 13.0 Å². The van der Waals surface area contributed by atoms with E-state index in [0.29, 0.717) is 6.61 Å². The summed E-state index contributed by atoms with van der Waals surface area (Å²) in [6.45, 7) is 5.23. The van der Waals surface area contributed by atoms with Crippen LogP contribution in [0.4, 0.5) is 0 Å². The molecule has 11 heavy (non-hydrogen) atoms. The zero-order valence-corrected chi connectivity index (χ0v) is 6.88. The summed E-state index contributed by atoms with van der Waals surface area (Å²) in [5.74, 6) is 0. The van der Waals surface area contributed by atoms with Crippen LogP contribution in [0.1, 0.15) is 6.92 Å². The van der Waals surface area contributed by atoms with E-state index < -0.39 is 0 Å². The summed E-state index contributed by atoms with van der Waals surface area (Å²) in [5.41, 5.74) is 0. The molecule has 0 saturated carbocycles. The van der Waals surface area contributed by atoms with Gasteiger partial charge < -0.3 is 14.8 Å².